The fourth-order valence-electron chi connectivity index (χ4n) is 1.06. The minimum Gasteiger partial charge on any atom is -0.291 e. The van der Waals surface area contributed by atoms with E-state index in [0.717, 1.165) is 21.8 Å². The van der Waals surface area contributed by atoms with E-state index in [-0.39, 0.29) is 11.2 Å². The van der Waals surface area contributed by atoms with Gasteiger partial charge in [0, 0.05) is 20.2 Å². The molecule has 1 aromatic rings. The molecule has 0 aliphatic rings. The van der Waals surface area contributed by atoms with Gasteiger partial charge < -0.3 is 0 Å². The summed E-state index contributed by atoms with van der Waals surface area (Å²) in [6.45, 7) is 2.06. The van der Waals surface area contributed by atoms with Crippen LogP contribution >= 0.6 is 11.8 Å². The predicted octanol–water partition coefficient (Wildman–Crippen LogP) is 0.586. The first-order valence-electron chi connectivity index (χ1n) is 4.47. The Bertz CT molecular complexity index is 433. The van der Waals surface area contributed by atoms with Crippen molar-refractivity contribution in [1.29, 1.82) is 0 Å². The summed E-state index contributed by atoms with van der Waals surface area (Å²) in [4.78, 5) is 22.8. The van der Waals surface area contributed by atoms with Gasteiger partial charge in [0.15, 0.2) is 0 Å². The van der Waals surface area contributed by atoms with E-state index in [9.17, 15) is 9.59 Å². The first-order chi connectivity index (χ1) is 6.57. The molecule has 0 saturated carbocycles. The average molecular weight is 214 g/mol. The molecule has 0 fully saturated rings. The molecular formula is C9H14N2O2S. The molecule has 1 aromatic heterocycles. The highest BCUT2D eigenvalue weighted by Crippen LogP contribution is 2.13. The lowest BCUT2D eigenvalue weighted by atomic mass is 10.6. The normalized spacial score (nSPS) is 10.5. The predicted molar refractivity (Wildman–Crippen MR) is 57.9 cm³/mol. The number of aromatic nitrogens is 2. The molecule has 0 bridgehead atoms. The highest BCUT2D eigenvalue weighted by molar-refractivity contribution is 7.99. The third-order valence-corrected chi connectivity index (χ3v) is 3.24. The summed E-state index contributed by atoms with van der Waals surface area (Å²) in [6.07, 6.45) is 1.02. The van der Waals surface area contributed by atoms with E-state index < -0.39 is 0 Å². The first-order valence-corrected chi connectivity index (χ1v) is 5.46. The van der Waals surface area contributed by atoms with Gasteiger partial charge in [-0.05, 0) is 12.2 Å². The Morgan fingerprint density at radius 1 is 1.29 bits per heavy atom. The molecule has 0 radical (unpaired) electrons. The first kappa shape index (κ1) is 11.1. The molecule has 5 heteroatoms. The van der Waals surface area contributed by atoms with Crippen LogP contribution < -0.4 is 11.2 Å². The van der Waals surface area contributed by atoms with Crippen molar-refractivity contribution in [3.8, 4) is 0 Å². The highest BCUT2D eigenvalue weighted by Gasteiger charge is 2.04. The Morgan fingerprint density at radius 2 is 1.93 bits per heavy atom. The zero-order valence-corrected chi connectivity index (χ0v) is 9.43. The fourth-order valence-corrected chi connectivity index (χ4v) is 1.93. The number of hydrogen-bond donors (Lipinski definition) is 0. The van der Waals surface area contributed by atoms with Crippen LogP contribution in [0.2, 0.25) is 0 Å². The molecule has 0 aliphatic heterocycles. The Hall–Kier alpha value is -0.970. The van der Waals surface area contributed by atoms with E-state index in [4.69, 9.17) is 0 Å². The molecule has 0 N–H and O–H groups in total. The van der Waals surface area contributed by atoms with Crippen molar-refractivity contribution in [1.82, 2.24) is 9.13 Å². The number of thioether (sulfide) groups is 1. The highest BCUT2D eigenvalue weighted by atomic mass is 32.2. The third kappa shape index (κ3) is 2.09. The average Bonchev–Trinajstić information content (AvgIpc) is 2.18. The van der Waals surface area contributed by atoms with Crippen LogP contribution in [0, 0.1) is 0 Å². The van der Waals surface area contributed by atoms with E-state index in [1.54, 1.807) is 7.05 Å². The zero-order chi connectivity index (χ0) is 10.7. The van der Waals surface area contributed by atoms with Crippen molar-refractivity contribution in [3.05, 3.63) is 26.9 Å². The second-order valence-electron chi connectivity index (χ2n) is 3.07. The quantitative estimate of drug-likeness (QED) is 0.546. The van der Waals surface area contributed by atoms with Gasteiger partial charge in [0.1, 0.15) is 0 Å². The van der Waals surface area contributed by atoms with Crippen molar-refractivity contribution in [2.24, 2.45) is 14.1 Å². The SMILES string of the molecule is CCCSc1cc(=O)n(C)c(=O)n1C. The van der Waals surface area contributed by atoms with E-state index in [2.05, 4.69) is 6.92 Å². The second kappa shape index (κ2) is 4.50. The Labute approximate surface area is 86.6 Å². The van der Waals surface area contributed by atoms with E-state index in [1.807, 2.05) is 0 Å². The molecule has 0 atom stereocenters. The molecule has 0 amide bonds. The molecule has 0 unspecified atom stereocenters. The lowest BCUT2D eigenvalue weighted by molar-refractivity contribution is 0.636. The molecule has 14 heavy (non-hydrogen) atoms. The van der Waals surface area contributed by atoms with Gasteiger partial charge in [0.2, 0.25) is 0 Å². The van der Waals surface area contributed by atoms with Gasteiger partial charge in [-0.15, -0.1) is 11.8 Å². The van der Waals surface area contributed by atoms with Gasteiger partial charge in [-0.1, -0.05) is 6.92 Å². The van der Waals surface area contributed by atoms with Crippen LogP contribution in [-0.2, 0) is 14.1 Å². The third-order valence-electron chi connectivity index (χ3n) is 1.94. The summed E-state index contributed by atoms with van der Waals surface area (Å²) < 4.78 is 2.61. The Kier molecular flexibility index (Phi) is 3.57. The Morgan fingerprint density at radius 3 is 2.50 bits per heavy atom. The molecule has 78 valence electrons. The lowest BCUT2D eigenvalue weighted by Crippen LogP contribution is -2.36. The summed E-state index contributed by atoms with van der Waals surface area (Å²) in [5, 5.41) is 0.736. The van der Waals surface area contributed by atoms with Crippen LogP contribution in [0.5, 0.6) is 0 Å². The molecule has 1 heterocycles. The summed E-state index contributed by atoms with van der Waals surface area (Å²) in [7, 11) is 3.17. The van der Waals surface area contributed by atoms with Crippen LogP contribution in [0.1, 0.15) is 13.3 Å². The largest absolute Gasteiger partial charge is 0.331 e. The van der Waals surface area contributed by atoms with Crippen LogP contribution in [0.15, 0.2) is 20.7 Å². The summed E-state index contributed by atoms with van der Waals surface area (Å²) >= 11 is 1.53. The van der Waals surface area contributed by atoms with Gasteiger partial charge >= 0.3 is 5.69 Å². The number of rotatable bonds is 3. The van der Waals surface area contributed by atoms with Crippen molar-refractivity contribution >= 4 is 11.8 Å². The molecule has 0 saturated heterocycles. The van der Waals surface area contributed by atoms with Gasteiger partial charge in [-0.2, -0.15) is 0 Å². The minimum absolute atomic E-state index is 0.244. The topological polar surface area (TPSA) is 44.0 Å². The zero-order valence-electron chi connectivity index (χ0n) is 8.61. The summed E-state index contributed by atoms with van der Waals surface area (Å²) in [6, 6.07) is 1.50. The monoisotopic (exact) mass is 214 g/mol. The van der Waals surface area contributed by atoms with Crippen molar-refractivity contribution in [2.45, 2.75) is 18.4 Å². The van der Waals surface area contributed by atoms with Gasteiger partial charge in [0.25, 0.3) is 5.56 Å². The van der Waals surface area contributed by atoms with E-state index in [0.29, 0.717) is 0 Å². The Balaban J connectivity index is 3.20. The van der Waals surface area contributed by atoms with Gasteiger partial charge in [0.05, 0.1) is 5.03 Å². The van der Waals surface area contributed by atoms with Crippen LogP contribution in [-0.4, -0.2) is 14.9 Å². The minimum atomic E-state index is -0.267. The maximum Gasteiger partial charge on any atom is 0.331 e. The molecule has 1 rings (SSSR count). The lowest BCUT2D eigenvalue weighted by Gasteiger charge is -2.07. The van der Waals surface area contributed by atoms with Crippen LogP contribution in [0.4, 0.5) is 0 Å². The molecule has 0 aliphatic carbocycles. The summed E-state index contributed by atoms with van der Waals surface area (Å²) in [5.74, 6) is 0.917. The van der Waals surface area contributed by atoms with Crippen molar-refractivity contribution in [3.63, 3.8) is 0 Å². The van der Waals surface area contributed by atoms with Gasteiger partial charge in [-0.3, -0.25) is 13.9 Å². The smallest absolute Gasteiger partial charge is 0.291 e. The van der Waals surface area contributed by atoms with Gasteiger partial charge in [-0.25, -0.2) is 4.79 Å². The molecule has 4 nitrogen and oxygen atoms in total. The van der Waals surface area contributed by atoms with Crippen molar-refractivity contribution in [2.75, 3.05) is 5.75 Å². The van der Waals surface area contributed by atoms with E-state index in [1.165, 1.54) is 29.4 Å². The molecular weight excluding hydrogens is 200 g/mol. The second-order valence-corrected chi connectivity index (χ2v) is 4.19. The number of hydrogen-bond acceptors (Lipinski definition) is 3. The molecule has 0 aromatic carbocycles. The maximum atomic E-state index is 11.5. The molecule has 0 spiro atoms. The van der Waals surface area contributed by atoms with Crippen LogP contribution in [0.25, 0.3) is 0 Å². The van der Waals surface area contributed by atoms with E-state index >= 15 is 0 Å². The fraction of sp³-hybridized carbons (Fsp3) is 0.556. The summed E-state index contributed by atoms with van der Waals surface area (Å²) in [5.41, 5.74) is -0.511. The maximum absolute atomic E-state index is 11.5. The van der Waals surface area contributed by atoms with Crippen LogP contribution in [0.3, 0.4) is 0 Å². The van der Waals surface area contributed by atoms with Crippen molar-refractivity contribution < 1.29 is 0 Å². The number of nitrogens with zero attached hydrogens (tertiary/aromatic N) is 2. The standard InChI is InChI=1S/C9H14N2O2S/c1-4-5-14-8-6-7(12)10(2)9(13)11(8)3/h6H,4-5H2,1-3H3.